The van der Waals surface area contributed by atoms with E-state index in [1.807, 2.05) is 37.8 Å². The fourth-order valence-electron chi connectivity index (χ4n) is 3.85. The number of nitrogens with two attached hydrogens (primary N) is 1. The molecule has 2 heterocycles. The first kappa shape index (κ1) is 17.9. The van der Waals surface area contributed by atoms with Crippen LogP contribution in [0.3, 0.4) is 0 Å². The Balaban J connectivity index is 1.76. The van der Waals surface area contributed by atoms with E-state index in [2.05, 4.69) is 22.8 Å². The largest absolute Gasteiger partial charge is 0.444 e. The molecule has 4 N–H and O–H groups in total. The molecule has 0 bridgehead atoms. The summed E-state index contributed by atoms with van der Waals surface area (Å²) >= 11 is 0. The second-order valence-electron chi connectivity index (χ2n) is 8.07. The van der Waals surface area contributed by atoms with Crippen molar-refractivity contribution in [3.8, 4) is 0 Å². The van der Waals surface area contributed by atoms with E-state index in [0.29, 0.717) is 13.1 Å². The molecular weight excluding hydrogens is 316 g/mol. The van der Waals surface area contributed by atoms with E-state index >= 15 is 0 Å². The third-order valence-corrected chi connectivity index (χ3v) is 4.95. The van der Waals surface area contributed by atoms with Crippen molar-refractivity contribution in [1.82, 2.24) is 4.90 Å². The summed E-state index contributed by atoms with van der Waals surface area (Å²) in [6.07, 6.45) is 2.59. The molecule has 3 rings (SSSR count). The van der Waals surface area contributed by atoms with Crippen LogP contribution in [0.1, 0.15) is 40.0 Å². The molecule has 1 amide bonds. The Morgan fingerprint density at radius 1 is 1.32 bits per heavy atom. The predicted octanol–water partition coefficient (Wildman–Crippen LogP) is 3.22. The number of piperidine rings is 1. The van der Waals surface area contributed by atoms with Crippen molar-refractivity contribution in [3.63, 3.8) is 0 Å². The lowest BCUT2D eigenvalue weighted by atomic mass is 9.83. The Kier molecular flexibility index (Phi) is 4.82. The molecule has 1 aromatic rings. The maximum absolute atomic E-state index is 12.5. The Morgan fingerprint density at radius 2 is 1.96 bits per heavy atom. The number of benzene rings is 1. The molecule has 0 unspecified atom stereocenters. The third kappa shape index (κ3) is 3.84. The quantitative estimate of drug-likeness (QED) is 0.783. The second kappa shape index (κ2) is 6.75. The van der Waals surface area contributed by atoms with Crippen LogP contribution in [0, 0.1) is 5.92 Å². The molecule has 0 aliphatic carbocycles. The van der Waals surface area contributed by atoms with Crippen LogP contribution in [0.5, 0.6) is 0 Å². The van der Waals surface area contributed by atoms with Gasteiger partial charge in [-0.2, -0.15) is 0 Å². The Hall–Kier alpha value is -1.95. The monoisotopic (exact) mass is 346 g/mol. The van der Waals surface area contributed by atoms with Crippen molar-refractivity contribution >= 4 is 17.5 Å². The van der Waals surface area contributed by atoms with Gasteiger partial charge in [0.05, 0.1) is 11.4 Å². The third-order valence-electron chi connectivity index (χ3n) is 4.95. The number of fused-ring (bicyclic) bond motifs is 1. The summed E-state index contributed by atoms with van der Waals surface area (Å²) in [4.78, 5) is 14.3. The minimum atomic E-state index is -0.473. The van der Waals surface area contributed by atoms with E-state index in [9.17, 15) is 4.79 Å². The summed E-state index contributed by atoms with van der Waals surface area (Å²) in [6.45, 7) is 7.70. The van der Waals surface area contributed by atoms with Crippen LogP contribution >= 0.6 is 0 Å². The van der Waals surface area contributed by atoms with Crippen LogP contribution in [0.15, 0.2) is 24.3 Å². The number of amides is 1. The van der Waals surface area contributed by atoms with Gasteiger partial charge in [-0.25, -0.2) is 4.79 Å². The topological polar surface area (TPSA) is 79.6 Å². The second-order valence-corrected chi connectivity index (χ2v) is 8.07. The number of likely N-dealkylation sites (tertiary alicyclic amines) is 1. The highest BCUT2D eigenvalue weighted by molar-refractivity contribution is 5.76. The summed E-state index contributed by atoms with van der Waals surface area (Å²) in [6, 6.07) is 8.21. The van der Waals surface area contributed by atoms with Crippen molar-refractivity contribution < 1.29 is 9.53 Å². The molecule has 0 spiro atoms. The number of anilines is 2. The van der Waals surface area contributed by atoms with Crippen LogP contribution in [0.4, 0.5) is 16.2 Å². The zero-order valence-electron chi connectivity index (χ0n) is 15.5. The Morgan fingerprint density at radius 3 is 2.52 bits per heavy atom. The first-order valence-corrected chi connectivity index (χ1v) is 9.16. The summed E-state index contributed by atoms with van der Waals surface area (Å²) in [7, 11) is 0. The van der Waals surface area contributed by atoms with E-state index in [-0.39, 0.29) is 17.7 Å². The summed E-state index contributed by atoms with van der Waals surface area (Å²) in [5.74, 6) is 0.268. The smallest absolute Gasteiger partial charge is 0.410 e. The van der Waals surface area contributed by atoms with Gasteiger partial charge in [-0.3, -0.25) is 0 Å². The van der Waals surface area contributed by atoms with Gasteiger partial charge < -0.3 is 26.0 Å². The lowest BCUT2D eigenvalue weighted by Crippen LogP contribution is -2.56. The van der Waals surface area contributed by atoms with Crippen molar-refractivity contribution in [2.24, 2.45) is 11.7 Å². The molecule has 2 aliphatic heterocycles. The fraction of sp³-hybridized carbons (Fsp3) is 0.632. The van der Waals surface area contributed by atoms with Gasteiger partial charge in [0.1, 0.15) is 11.3 Å². The summed E-state index contributed by atoms with van der Waals surface area (Å²) < 4.78 is 5.56. The van der Waals surface area contributed by atoms with E-state index in [1.54, 1.807) is 0 Å². The van der Waals surface area contributed by atoms with E-state index < -0.39 is 5.60 Å². The highest BCUT2D eigenvalue weighted by Gasteiger charge is 2.45. The number of para-hydroxylation sites is 2. The molecule has 2 aliphatic rings. The Bertz CT molecular complexity index is 601. The average Bonchev–Trinajstić information content (AvgIpc) is 2.93. The predicted molar refractivity (Wildman–Crippen MR) is 101 cm³/mol. The highest BCUT2D eigenvalue weighted by atomic mass is 16.6. The number of nitrogens with zero attached hydrogens (tertiary/aromatic N) is 1. The molecule has 25 heavy (non-hydrogen) atoms. The molecule has 1 fully saturated rings. The summed E-state index contributed by atoms with van der Waals surface area (Å²) in [5.41, 5.74) is 7.35. The number of nitrogens with one attached hydrogen (secondary N) is 2. The lowest BCUT2D eigenvalue weighted by Gasteiger charge is -2.44. The molecule has 1 atom stereocenters. The van der Waals surface area contributed by atoms with Gasteiger partial charge >= 0.3 is 6.09 Å². The van der Waals surface area contributed by atoms with Crippen molar-refractivity contribution in [2.45, 2.75) is 51.3 Å². The lowest BCUT2D eigenvalue weighted by molar-refractivity contribution is 0.0131. The van der Waals surface area contributed by atoms with E-state index in [0.717, 1.165) is 37.2 Å². The maximum Gasteiger partial charge on any atom is 0.410 e. The van der Waals surface area contributed by atoms with Crippen molar-refractivity contribution in [3.05, 3.63) is 24.3 Å². The SMILES string of the molecule is CC(C)(C)OC(=O)N1CCC[C@@H](C2(CCN)Nc3ccccc3N2)C1. The fourth-order valence-corrected chi connectivity index (χ4v) is 3.85. The standard InChI is InChI=1S/C19H30N4O2/c1-18(2,3)25-17(24)23-12-6-7-14(13-23)19(10-11-20)21-15-8-4-5-9-16(15)22-19/h4-5,8-9,14,21-22H,6-7,10-13,20H2,1-3H3/t14-/m1/s1. The van der Waals surface area contributed by atoms with Gasteiger partial charge in [0.2, 0.25) is 0 Å². The van der Waals surface area contributed by atoms with Crippen LogP contribution in [-0.2, 0) is 4.74 Å². The van der Waals surface area contributed by atoms with Gasteiger partial charge in [-0.1, -0.05) is 12.1 Å². The van der Waals surface area contributed by atoms with Crippen LogP contribution in [0.2, 0.25) is 0 Å². The van der Waals surface area contributed by atoms with Gasteiger partial charge in [-0.05, 0) is 52.3 Å². The number of carbonyl (C=O) groups excluding carboxylic acids is 1. The molecule has 6 nitrogen and oxygen atoms in total. The zero-order chi connectivity index (χ0) is 18.1. The molecule has 1 aromatic carbocycles. The minimum Gasteiger partial charge on any atom is -0.444 e. The van der Waals surface area contributed by atoms with E-state index in [4.69, 9.17) is 10.5 Å². The molecule has 6 heteroatoms. The molecule has 138 valence electrons. The first-order valence-electron chi connectivity index (χ1n) is 9.16. The number of carbonyl (C=O) groups is 1. The molecular formula is C19H30N4O2. The molecule has 0 saturated carbocycles. The first-order chi connectivity index (χ1) is 11.8. The minimum absolute atomic E-state index is 0.226. The number of ether oxygens (including phenoxy) is 1. The van der Waals surface area contributed by atoms with Gasteiger partial charge in [-0.15, -0.1) is 0 Å². The van der Waals surface area contributed by atoms with Crippen molar-refractivity contribution in [2.75, 3.05) is 30.3 Å². The maximum atomic E-state index is 12.5. The molecule has 1 saturated heterocycles. The van der Waals surface area contributed by atoms with Gasteiger partial charge in [0, 0.05) is 25.4 Å². The van der Waals surface area contributed by atoms with Gasteiger partial charge in [0.15, 0.2) is 0 Å². The van der Waals surface area contributed by atoms with Crippen LogP contribution < -0.4 is 16.4 Å². The van der Waals surface area contributed by atoms with Crippen molar-refractivity contribution in [1.29, 1.82) is 0 Å². The van der Waals surface area contributed by atoms with E-state index in [1.165, 1.54) is 0 Å². The zero-order valence-corrected chi connectivity index (χ0v) is 15.5. The normalized spacial score (nSPS) is 21.9. The Labute approximate surface area is 150 Å². The van der Waals surface area contributed by atoms with Crippen LogP contribution in [0.25, 0.3) is 0 Å². The summed E-state index contributed by atoms with van der Waals surface area (Å²) in [5, 5.41) is 7.31. The molecule has 0 radical (unpaired) electrons. The average molecular weight is 346 g/mol. The number of hydrogen-bond donors (Lipinski definition) is 3. The number of hydrogen-bond acceptors (Lipinski definition) is 5. The molecule has 0 aromatic heterocycles. The number of rotatable bonds is 3. The van der Waals surface area contributed by atoms with Gasteiger partial charge in [0.25, 0.3) is 0 Å². The highest BCUT2D eigenvalue weighted by Crippen LogP contribution is 2.42. The van der Waals surface area contributed by atoms with Crippen LogP contribution in [-0.4, -0.2) is 41.9 Å².